The minimum absolute atomic E-state index is 0.0528. The van der Waals surface area contributed by atoms with E-state index in [1.165, 1.54) is 11.8 Å². The van der Waals surface area contributed by atoms with Crippen LogP contribution in [-0.2, 0) is 4.79 Å². The highest BCUT2D eigenvalue weighted by atomic mass is 32.2. The SMILES string of the molecule is COc1ccc(OC)c(C(C)NC(=O)C(C)Sc2ccccn2)c1. The van der Waals surface area contributed by atoms with E-state index in [0.29, 0.717) is 5.75 Å². The molecular formula is C18H22N2O3S. The Morgan fingerprint density at radius 2 is 1.96 bits per heavy atom. The minimum Gasteiger partial charge on any atom is -0.497 e. The van der Waals surface area contributed by atoms with Gasteiger partial charge in [-0.05, 0) is 44.2 Å². The van der Waals surface area contributed by atoms with E-state index in [9.17, 15) is 4.79 Å². The molecule has 6 heteroatoms. The third-order valence-electron chi connectivity index (χ3n) is 3.57. The summed E-state index contributed by atoms with van der Waals surface area (Å²) in [7, 11) is 3.22. The van der Waals surface area contributed by atoms with E-state index in [2.05, 4.69) is 10.3 Å². The third-order valence-corrected chi connectivity index (χ3v) is 4.62. The number of carbonyl (C=O) groups is 1. The number of thioether (sulfide) groups is 1. The third kappa shape index (κ3) is 4.64. The maximum atomic E-state index is 12.5. The molecule has 0 spiro atoms. The van der Waals surface area contributed by atoms with Crippen LogP contribution in [0.4, 0.5) is 0 Å². The highest BCUT2D eigenvalue weighted by Gasteiger charge is 2.20. The molecule has 24 heavy (non-hydrogen) atoms. The van der Waals surface area contributed by atoms with Gasteiger partial charge in [0.05, 0.1) is 30.5 Å². The number of carbonyl (C=O) groups excluding carboxylic acids is 1. The van der Waals surface area contributed by atoms with Gasteiger partial charge in [-0.2, -0.15) is 0 Å². The molecule has 2 unspecified atom stereocenters. The Balaban J connectivity index is 2.05. The van der Waals surface area contributed by atoms with Crippen LogP contribution in [0.15, 0.2) is 47.6 Å². The molecule has 1 N–H and O–H groups in total. The van der Waals surface area contributed by atoms with Gasteiger partial charge >= 0.3 is 0 Å². The largest absolute Gasteiger partial charge is 0.497 e. The maximum Gasteiger partial charge on any atom is 0.233 e. The van der Waals surface area contributed by atoms with Crippen LogP contribution in [0.1, 0.15) is 25.5 Å². The lowest BCUT2D eigenvalue weighted by molar-refractivity contribution is -0.120. The van der Waals surface area contributed by atoms with Crippen molar-refractivity contribution in [2.75, 3.05) is 14.2 Å². The van der Waals surface area contributed by atoms with Crippen LogP contribution in [0.25, 0.3) is 0 Å². The highest BCUT2D eigenvalue weighted by Crippen LogP contribution is 2.30. The standard InChI is InChI=1S/C18H22N2O3S/c1-12(15-11-14(22-3)8-9-16(15)23-4)20-18(21)13(2)24-17-7-5-6-10-19-17/h5-13H,1-4H3,(H,20,21). The fraction of sp³-hybridized carbons (Fsp3) is 0.333. The molecule has 0 bridgehead atoms. The van der Waals surface area contributed by atoms with Crippen molar-refractivity contribution < 1.29 is 14.3 Å². The van der Waals surface area contributed by atoms with Gasteiger partial charge in [-0.3, -0.25) is 4.79 Å². The van der Waals surface area contributed by atoms with E-state index in [-0.39, 0.29) is 17.2 Å². The first kappa shape index (κ1) is 18.1. The number of amides is 1. The summed E-state index contributed by atoms with van der Waals surface area (Å²) in [5, 5.41) is 3.59. The average molecular weight is 346 g/mol. The first-order chi connectivity index (χ1) is 11.5. The molecule has 0 fully saturated rings. The molecule has 0 aliphatic rings. The molecule has 2 aromatic rings. The average Bonchev–Trinajstić information content (AvgIpc) is 2.61. The maximum absolute atomic E-state index is 12.5. The van der Waals surface area contributed by atoms with E-state index in [4.69, 9.17) is 9.47 Å². The second-order valence-electron chi connectivity index (χ2n) is 5.27. The number of ether oxygens (including phenoxy) is 2. The summed E-state index contributed by atoms with van der Waals surface area (Å²) >= 11 is 1.43. The molecule has 5 nitrogen and oxygen atoms in total. The smallest absolute Gasteiger partial charge is 0.233 e. The molecule has 2 atom stereocenters. The van der Waals surface area contributed by atoms with Crippen molar-refractivity contribution in [3.8, 4) is 11.5 Å². The molecule has 1 amide bonds. The normalized spacial score (nSPS) is 13.0. The van der Waals surface area contributed by atoms with Crippen LogP contribution in [0, 0.1) is 0 Å². The van der Waals surface area contributed by atoms with Crippen molar-refractivity contribution in [3.63, 3.8) is 0 Å². The second kappa shape index (κ2) is 8.59. The topological polar surface area (TPSA) is 60.5 Å². The number of hydrogen-bond donors (Lipinski definition) is 1. The number of methoxy groups -OCH3 is 2. The van der Waals surface area contributed by atoms with Gasteiger partial charge in [0.15, 0.2) is 0 Å². The number of nitrogens with one attached hydrogen (secondary N) is 1. The Labute approximate surface area is 146 Å². The number of benzene rings is 1. The summed E-state index contributed by atoms with van der Waals surface area (Å²) < 4.78 is 10.6. The Bertz CT molecular complexity index is 679. The molecule has 0 aliphatic heterocycles. The molecule has 128 valence electrons. The molecule has 1 heterocycles. The van der Waals surface area contributed by atoms with Gasteiger partial charge in [0, 0.05) is 11.8 Å². The molecule has 0 aliphatic carbocycles. The zero-order valence-corrected chi connectivity index (χ0v) is 15.1. The molecule has 0 radical (unpaired) electrons. The van der Waals surface area contributed by atoms with Crippen LogP contribution >= 0.6 is 11.8 Å². The van der Waals surface area contributed by atoms with Crippen LogP contribution in [0.3, 0.4) is 0 Å². The van der Waals surface area contributed by atoms with Gasteiger partial charge in [-0.15, -0.1) is 0 Å². The van der Waals surface area contributed by atoms with Crippen LogP contribution in [-0.4, -0.2) is 30.4 Å². The Kier molecular flexibility index (Phi) is 6.49. The van der Waals surface area contributed by atoms with Crippen LogP contribution in [0.2, 0.25) is 0 Å². The lowest BCUT2D eigenvalue weighted by Gasteiger charge is -2.20. The molecule has 1 aromatic carbocycles. The van der Waals surface area contributed by atoms with E-state index < -0.39 is 0 Å². The number of rotatable bonds is 7. The van der Waals surface area contributed by atoms with Gasteiger partial charge in [0.2, 0.25) is 5.91 Å². The summed E-state index contributed by atoms with van der Waals surface area (Å²) in [5.41, 5.74) is 0.875. The van der Waals surface area contributed by atoms with E-state index in [0.717, 1.165) is 16.3 Å². The van der Waals surface area contributed by atoms with E-state index >= 15 is 0 Å². The van der Waals surface area contributed by atoms with Crippen LogP contribution < -0.4 is 14.8 Å². The summed E-state index contributed by atoms with van der Waals surface area (Å²) in [6.07, 6.45) is 1.72. The van der Waals surface area contributed by atoms with Gasteiger partial charge in [0.1, 0.15) is 11.5 Å². The summed E-state index contributed by atoms with van der Waals surface area (Å²) in [5.74, 6) is 1.39. The van der Waals surface area contributed by atoms with Gasteiger partial charge < -0.3 is 14.8 Å². The molecule has 1 aromatic heterocycles. The van der Waals surface area contributed by atoms with Crippen molar-refractivity contribution >= 4 is 17.7 Å². The van der Waals surface area contributed by atoms with E-state index in [1.54, 1.807) is 20.4 Å². The number of hydrogen-bond acceptors (Lipinski definition) is 5. The molecule has 0 saturated carbocycles. The first-order valence-corrected chi connectivity index (χ1v) is 8.53. The monoisotopic (exact) mass is 346 g/mol. The van der Waals surface area contributed by atoms with Crippen LogP contribution in [0.5, 0.6) is 11.5 Å². The van der Waals surface area contributed by atoms with Crippen molar-refractivity contribution in [3.05, 3.63) is 48.2 Å². The predicted octanol–water partition coefficient (Wildman–Crippen LogP) is 3.46. The fourth-order valence-corrected chi connectivity index (χ4v) is 3.05. The first-order valence-electron chi connectivity index (χ1n) is 7.65. The lowest BCUT2D eigenvalue weighted by atomic mass is 10.1. The van der Waals surface area contributed by atoms with Crippen molar-refractivity contribution in [2.24, 2.45) is 0 Å². The van der Waals surface area contributed by atoms with E-state index in [1.807, 2.05) is 50.2 Å². The Hall–Kier alpha value is -2.21. The summed E-state index contributed by atoms with van der Waals surface area (Å²) in [6.45, 7) is 3.79. The molecular weight excluding hydrogens is 324 g/mol. The summed E-state index contributed by atoms with van der Waals surface area (Å²) in [6, 6.07) is 11.0. The Morgan fingerprint density at radius 1 is 1.17 bits per heavy atom. The zero-order chi connectivity index (χ0) is 17.5. The highest BCUT2D eigenvalue weighted by molar-refractivity contribution is 8.00. The number of aromatic nitrogens is 1. The number of nitrogens with zero attached hydrogens (tertiary/aromatic N) is 1. The second-order valence-corrected chi connectivity index (χ2v) is 6.63. The van der Waals surface area contributed by atoms with Gasteiger partial charge in [0.25, 0.3) is 0 Å². The predicted molar refractivity (Wildman–Crippen MR) is 95.7 cm³/mol. The summed E-state index contributed by atoms with van der Waals surface area (Å²) in [4.78, 5) is 16.7. The number of pyridine rings is 1. The zero-order valence-electron chi connectivity index (χ0n) is 14.3. The molecule has 0 saturated heterocycles. The van der Waals surface area contributed by atoms with Crippen molar-refractivity contribution in [2.45, 2.75) is 30.2 Å². The molecule has 2 rings (SSSR count). The van der Waals surface area contributed by atoms with Gasteiger partial charge in [-0.1, -0.05) is 17.8 Å². The lowest BCUT2D eigenvalue weighted by Crippen LogP contribution is -2.33. The quantitative estimate of drug-likeness (QED) is 0.778. The Morgan fingerprint density at radius 3 is 2.58 bits per heavy atom. The minimum atomic E-state index is -0.251. The van der Waals surface area contributed by atoms with Crippen molar-refractivity contribution in [1.29, 1.82) is 0 Å². The fourth-order valence-electron chi connectivity index (χ4n) is 2.24. The van der Waals surface area contributed by atoms with Crippen molar-refractivity contribution in [1.82, 2.24) is 10.3 Å². The van der Waals surface area contributed by atoms with Gasteiger partial charge in [-0.25, -0.2) is 4.98 Å².